The topological polar surface area (TPSA) is 90.7 Å². The summed E-state index contributed by atoms with van der Waals surface area (Å²) < 4.78 is 9.54. The van der Waals surface area contributed by atoms with E-state index in [-0.39, 0.29) is 0 Å². The average Bonchev–Trinajstić information content (AvgIpc) is 3.03. The molecule has 2 atom stereocenters. The lowest BCUT2D eigenvalue weighted by atomic mass is 10.2. The van der Waals surface area contributed by atoms with Crippen LogP contribution in [0.5, 0.6) is 0 Å². The molecule has 0 fully saturated rings. The summed E-state index contributed by atoms with van der Waals surface area (Å²) in [6, 6.07) is 0. The van der Waals surface area contributed by atoms with Crippen molar-refractivity contribution in [1.29, 1.82) is 0 Å². The lowest BCUT2D eigenvalue weighted by Gasteiger charge is -2.09. The van der Waals surface area contributed by atoms with E-state index < -0.39 is 12.3 Å². The molecule has 0 aliphatic heterocycles. The van der Waals surface area contributed by atoms with E-state index in [1.807, 2.05) is 6.92 Å². The Morgan fingerprint density at radius 1 is 1.61 bits per heavy atom. The molecule has 102 valence electrons. The van der Waals surface area contributed by atoms with Gasteiger partial charge in [0.2, 0.25) is 0 Å². The molecular formula is C12H20N2O4. The fourth-order valence-electron chi connectivity index (χ4n) is 1.47. The van der Waals surface area contributed by atoms with E-state index in [9.17, 15) is 9.59 Å². The second kappa shape index (κ2) is 7.71. The lowest BCUT2D eigenvalue weighted by Crippen LogP contribution is -2.27. The number of nitrogens with two attached hydrogens (primary N) is 1. The molecule has 18 heavy (non-hydrogen) atoms. The van der Waals surface area contributed by atoms with Crippen LogP contribution in [0.1, 0.15) is 26.2 Å². The molecule has 3 N–H and O–H groups in total. The molecule has 6 nitrogen and oxygen atoms in total. The second-order valence-corrected chi connectivity index (χ2v) is 4.31. The van der Waals surface area contributed by atoms with Gasteiger partial charge in [0.15, 0.2) is 6.23 Å². The maximum Gasteiger partial charge on any atom is 0.407 e. The Bertz CT molecular complexity index is 317. The van der Waals surface area contributed by atoms with Crippen LogP contribution in [0, 0.1) is 5.92 Å². The number of alkyl carbamates (subject to hydrolysis) is 1. The smallest absolute Gasteiger partial charge is 0.407 e. The van der Waals surface area contributed by atoms with Gasteiger partial charge in [-0.1, -0.05) is 11.6 Å². The summed E-state index contributed by atoms with van der Waals surface area (Å²) in [5, 5.41) is 2.65. The van der Waals surface area contributed by atoms with E-state index in [0.717, 1.165) is 12.8 Å². The van der Waals surface area contributed by atoms with Crippen LogP contribution in [0.4, 0.5) is 4.79 Å². The molecule has 0 spiro atoms. The van der Waals surface area contributed by atoms with Gasteiger partial charge in [0.25, 0.3) is 6.47 Å². The quantitative estimate of drug-likeness (QED) is 0.277. The van der Waals surface area contributed by atoms with Crippen molar-refractivity contribution in [3.8, 4) is 0 Å². The summed E-state index contributed by atoms with van der Waals surface area (Å²) in [7, 11) is 0. The van der Waals surface area contributed by atoms with Crippen molar-refractivity contribution in [3.05, 3.63) is 11.6 Å². The molecule has 1 aliphatic carbocycles. The number of rotatable bonds is 9. The highest BCUT2D eigenvalue weighted by Crippen LogP contribution is 2.27. The number of carbonyl (C=O) groups excluding carboxylic acids is 2. The maximum atomic E-state index is 11.2. The van der Waals surface area contributed by atoms with Gasteiger partial charge in [-0.2, -0.15) is 0 Å². The third-order valence-electron chi connectivity index (χ3n) is 2.75. The highest BCUT2D eigenvalue weighted by atomic mass is 16.5. The number of carbonyl (C=O) groups is 2. The van der Waals surface area contributed by atoms with Crippen LogP contribution in [0.3, 0.4) is 0 Å². The van der Waals surface area contributed by atoms with Gasteiger partial charge in [0, 0.05) is 12.5 Å². The zero-order valence-corrected chi connectivity index (χ0v) is 10.6. The molecular weight excluding hydrogens is 236 g/mol. The summed E-state index contributed by atoms with van der Waals surface area (Å²) in [5.41, 5.74) is 6.73. The van der Waals surface area contributed by atoms with Crippen molar-refractivity contribution in [2.24, 2.45) is 11.7 Å². The molecule has 2 unspecified atom stereocenters. The van der Waals surface area contributed by atoms with Gasteiger partial charge in [0.1, 0.15) is 6.61 Å². The first-order valence-corrected chi connectivity index (χ1v) is 6.07. The average molecular weight is 256 g/mol. The van der Waals surface area contributed by atoms with Crippen molar-refractivity contribution < 1.29 is 19.1 Å². The van der Waals surface area contributed by atoms with E-state index in [1.54, 1.807) is 0 Å². The molecule has 0 radical (unpaired) electrons. The number of nitrogens with one attached hydrogen (secondary N) is 1. The van der Waals surface area contributed by atoms with Gasteiger partial charge in [-0.25, -0.2) is 4.79 Å². The lowest BCUT2D eigenvalue weighted by molar-refractivity contribution is -0.133. The number of ether oxygens (including phenoxy) is 2. The predicted molar refractivity (Wildman–Crippen MR) is 65.6 cm³/mol. The summed E-state index contributed by atoms with van der Waals surface area (Å²) in [4.78, 5) is 21.2. The second-order valence-electron chi connectivity index (χ2n) is 4.31. The van der Waals surface area contributed by atoms with Crippen molar-refractivity contribution in [2.75, 3.05) is 13.2 Å². The van der Waals surface area contributed by atoms with E-state index >= 15 is 0 Å². The standard InChI is InChI=1S/C12H20N2O4/c1-9-6-10(9)7-17-12(16)14-5-3-2-4-11(13)18-8-15/h6,8,10-11H,2-5,7,13H2,1H3,(H,14,16). The largest absolute Gasteiger partial charge is 0.449 e. The molecule has 0 aromatic carbocycles. The molecule has 1 aliphatic rings. The van der Waals surface area contributed by atoms with Crippen LogP contribution in [0.2, 0.25) is 0 Å². The van der Waals surface area contributed by atoms with Crippen LogP contribution in [0.25, 0.3) is 0 Å². The van der Waals surface area contributed by atoms with Gasteiger partial charge < -0.3 is 14.8 Å². The van der Waals surface area contributed by atoms with Crippen LogP contribution in [-0.4, -0.2) is 31.9 Å². The van der Waals surface area contributed by atoms with E-state index in [0.29, 0.717) is 32.0 Å². The van der Waals surface area contributed by atoms with Gasteiger partial charge in [-0.05, 0) is 26.2 Å². The molecule has 0 heterocycles. The summed E-state index contributed by atoms with van der Waals surface area (Å²) in [6.07, 6.45) is 3.24. The minimum absolute atomic E-state index is 0.341. The minimum Gasteiger partial charge on any atom is -0.449 e. The van der Waals surface area contributed by atoms with Gasteiger partial charge in [-0.3, -0.25) is 10.5 Å². The third kappa shape index (κ3) is 6.24. The van der Waals surface area contributed by atoms with E-state index in [2.05, 4.69) is 16.1 Å². The summed E-state index contributed by atoms with van der Waals surface area (Å²) >= 11 is 0. The molecule has 1 rings (SSSR count). The minimum atomic E-state index is -0.557. The van der Waals surface area contributed by atoms with E-state index in [4.69, 9.17) is 10.5 Å². The normalized spacial score (nSPS) is 18.6. The van der Waals surface area contributed by atoms with Crippen LogP contribution in [-0.2, 0) is 14.3 Å². The highest BCUT2D eigenvalue weighted by Gasteiger charge is 2.21. The van der Waals surface area contributed by atoms with Gasteiger partial charge >= 0.3 is 6.09 Å². The third-order valence-corrected chi connectivity index (χ3v) is 2.75. The van der Waals surface area contributed by atoms with Gasteiger partial charge in [0.05, 0.1) is 0 Å². The first-order valence-electron chi connectivity index (χ1n) is 6.07. The van der Waals surface area contributed by atoms with Crippen LogP contribution >= 0.6 is 0 Å². The zero-order valence-electron chi connectivity index (χ0n) is 10.6. The first-order chi connectivity index (χ1) is 8.63. The number of hydrogen-bond donors (Lipinski definition) is 2. The molecule has 0 saturated heterocycles. The molecule has 6 heteroatoms. The molecule has 0 aromatic heterocycles. The molecule has 0 bridgehead atoms. The fourth-order valence-corrected chi connectivity index (χ4v) is 1.47. The highest BCUT2D eigenvalue weighted by molar-refractivity contribution is 5.67. The van der Waals surface area contributed by atoms with Crippen molar-refractivity contribution in [2.45, 2.75) is 32.4 Å². The Balaban J connectivity index is 1.87. The Morgan fingerprint density at radius 3 is 2.94 bits per heavy atom. The number of amides is 1. The first kappa shape index (κ1) is 14.5. The Kier molecular flexibility index (Phi) is 6.21. The Morgan fingerprint density at radius 2 is 2.33 bits per heavy atom. The van der Waals surface area contributed by atoms with Crippen LogP contribution < -0.4 is 11.1 Å². The maximum absolute atomic E-state index is 11.2. The van der Waals surface area contributed by atoms with E-state index in [1.165, 1.54) is 5.57 Å². The van der Waals surface area contributed by atoms with Crippen molar-refractivity contribution in [3.63, 3.8) is 0 Å². The predicted octanol–water partition coefficient (Wildman–Crippen LogP) is 0.917. The monoisotopic (exact) mass is 256 g/mol. The zero-order chi connectivity index (χ0) is 13.4. The van der Waals surface area contributed by atoms with Crippen molar-refractivity contribution in [1.82, 2.24) is 5.32 Å². The van der Waals surface area contributed by atoms with Crippen LogP contribution in [0.15, 0.2) is 11.6 Å². The summed E-state index contributed by atoms with van der Waals surface area (Å²) in [6.45, 7) is 3.31. The molecule has 0 aromatic rings. The van der Waals surface area contributed by atoms with Crippen molar-refractivity contribution >= 4 is 12.6 Å². The molecule has 0 saturated carbocycles. The SMILES string of the molecule is CC1=CC1COC(=O)NCCCCC(N)OC=O. The molecule has 1 amide bonds. The number of unbranched alkanes of at least 4 members (excludes halogenated alkanes) is 1. The number of hydrogen-bond acceptors (Lipinski definition) is 5. The fraction of sp³-hybridized carbons (Fsp3) is 0.667. The summed E-state index contributed by atoms with van der Waals surface area (Å²) in [5.74, 6) is 0.342. The Labute approximate surface area is 106 Å². The Hall–Kier alpha value is -1.56. The van der Waals surface area contributed by atoms with Gasteiger partial charge in [-0.15, -0.1) is 0 Å².